The molecule has 2 aliphatic heterocycles. The average Bonchev–Trinajstić information content (AvgIpc) is 3.58. The highest BCUT2D eigenvalue weighted by atomic mass is 35.5. The van der Waals surface area contributed by atoms with Crippen molar-refractivity contribution in [3.63, 3.8) is 0 Å². The Morgan fingerprint density at radius 3 is 2.66 bits per heavy atom. The van der Waals surface area contributed by atoms with Crippen molar-refractivity contribution in [2.45, 2.75) is 76.9 Å². The number of piperidine rings is 1. The molecule has 11 heteroatoms. The zero-order chi connectivity index (χ0) is 37.4. The smallest absolute Gasteiger partial charge is 0.320 e. The van der Waals surface area contributed by atoms with Gasteiger partial charge in [-0.3, -0.25) is 14.7 Å². The Labute approximate surface area is 317 Å². The van der Waals surface area contributed by atoms with Crippen LogP contribution in [-0.4, -0.2) is 88.1 Å². The Balaban J connectivity index is 1.28. The standard InChI is InChI=1S/C42H49ClN4O6/c1-41(2)35(32-10-4-3-5-11-32)12-8-15-42(41,53-19-9-16-46-18-14-34(48)27-46)29-52-39-22-38(51-28-31-20-30(23-44)24-45-25-31)33(21-36(39)43)26-47-17-7-6-13-37(47)40(49)50/h3-5,8,10-12,15,20-22,24-25,34,37,48H,6-7,9,13-14,16-19,26-29H2,1-2H3,(H,49,50)/t34-,37+,42?/m1/s1. The number of carboxylic acid groups (broad SMARTS) is 1. The number of carboxylic acids is 1. The van der Waals surface area contributed by atoms with E-state index in [4.69, 9.17) is 25.8 Å². The first-order valence-electron chi connectivity index (χ1n) is 18.5. The fourth-order valence-electron chi connectivity index (χ4n) is 7.67. The minimum atomic E-state index is -0.869. The molecule has 0 spiro atoms. The summed E-state index contributed by atoms with van der Waals surface area (Å²) in [6.07, 6.45) is 13.1. The zero-order valence-corrected chi connectivity index (χ0v) is 31.3. The Hall–Kier alpha value is -4.24. The molecule has 3 atom stereocenters. The molecule has 2 saturated heterocycles. The van der Waals surface area contributed by atoms with Crippen LogP contribution < -0.4 is 9.47 Å². The molecular weight excluding hydrogens is 692 g/mol. The van der Waals surface area contributed by atoms with Gasteiger partial charge in [-0.15, -0.1) is 0 Å². The van der Waals surface area contributed by atoms with Gasteiger partial charge in [0.2, 0.25) is 0 Å². The summed E-state index contributed by atoms with van der Waals surface area (Å²) in [6.45, 7) is 8.53. The number of ether oxygens (including phenoxy) is 3. The summed E-state index contributed by atoms with van der Waals surface area (Å²) in [5.41, 5.74) is 2.74. The molecule has 1 aliphatic carbocycles. The van der Waals surface area contributed by atoms with Gasteiger partial charge in [-0.2, -0.15) is 5.26 Å². The summed E-state index contributed by atoms with van der Waals surface area (Å²) in [4.78, 5) is 20.6. The molecule has 0 bridgehead atoms. The number of aliphatic hydroxyl groups excluding tert-OH is 1. The highest BCUT2D eigenvalue weighted by Gasteiger charge is 2.49. The van der Waals surface area contributed by atoms with E-state index in [9.17, 15) is 20.3 Å². The van der Waals surface area contributed by atoms with Crippen LogP contribution in [0, 0.1) is 16.7 Å². The van der Waals surface area contributed by atoms with Gasteiger partial charge in [-0.05, 0) is 61.6 Å². The third kappa shape index (κ3) is 9.11. The molecule has 2 aromatic carbocycles. The van der Waals surface area contributed by atoms with E-state index in [-0.39, 0.29) is 19.3 Å². The van der Waals surface area contributed by atoms with Gasteiger partial charge < -0.3 is 29.3 Å². The first-order valence-corrected chi connectivity index (χ1v) is 18.8. The topological polar surface area (TPSA) is 128 Å². The summed E-state index contributed by atoms with van der Waals surface area (Å²) < 4.78 is 19.9. The first kappa shape index (κ1) is 38.5. The summed E-state index contributed by atoms with van der Waals surface area (Å²) in [5.74, 6) is 0.0809. The minimum absolute atomic E-state index is 0.140. The lowest BCUT2D eigenvalue weighted by molar-refractivity contribution is -0.144. The monoisotopic (exact) mass is 740 g/mol. The normalized spacial score (nSPS) is 23.0. The second-order valence-electron chi connectivity index (χ2n) is 14.7. The van der Waals surface area contributed by atoms with Crippen LogP contribution in [0.25, 0.3) is 5.57 Å². The van der Waals surface area contributed by atoms with E-state index in [0.29, 0.717) is 54.7 Å². The quantitative estimate of drug-likeness (QED) is 0.159. The predicted octanol–water partition coefficient (Wildman–Crippen LogP) is 6.90. The van der Waals surface area contributed by atoms with Crippen molar-refractivity contribution < 1.29 is 29.2 Å². The Kier molecular flexibility index (Phi) is 12.5. The third-order valence-corrected chi connectivity index (χ3v) is 11.1. The number of likely N-dealkylation sites (tertiary alicyclic amines) is 2. The molecule has 0 saturated carbocycles. The molecule has 10 nitrogen and oxygen atoms in total. The molecule has 2 N–H and O–H groups in total. The predicted molar refractivity (Wildman–Crippen MR) is 204 cm³/mol. The number of hydrogen-bond donors (Lipinski definition) is 2. The number of aliphatic hydroxyl groups is 1. The number of nitrogens with zero attached hydrogens (tertiary/aromatic N) is 4. The Bertz CT molecular complexity index is 1840. The van der Waals surface area contributed by atoms with Gasteiger partial charge in [0.05, 0.1) is 16.7 Å². The second kappa shape index (κ2) is 17.3. The molecular formula is C42H49ClN4O6. The number of rotatable bonds is 15. The van der Waals surface area contributed by atoms with Crippen LogP contribution >= 0.6 is 11.6 Å². The first-order chi connectivity index (χ1) is 25.6. The molecule has 3 aromatic rings. The number of carbonyl (C=O) groups is 1. The van der Waals surface area contributed by atoms with Crippen molar-refractivity contribution in [1.29, 1.82) is 5.26 Å². The molecule has 3 aliphatic rings. The SMILES string of the molecule is CC1(C)C(c2ccccc2)=CC=CC1(COc1cc(OCc2cncc(C#N)c2)c(CN2CCCC[C@H]2C(=O)O)cc1Cl)OCCCN1CC[C@@H](O)C1. The highest BCUT2D eigenvalue weighted by Crippen LogP contribution is 2.49. The number of aliphatic carboxylic acids is 1. The number of benzene rings is 2. The van der Waals surface area contributed by atoms with Gasteiger partial charge in [0.15, 0.2) is 0 Å². The number of halogens is 1. The molecule has 280 valence electrons. The number of hydrogen-bond acceptors (Lipinski definition) is 9. The van der Waals surface area contributed by atoms with Crippen molar-refractivity contribution in [1.82, 2.24) is 14.8 Å². The van der Waals surface area contributed by atoms with Gasteiger partial charge >= 0.3 is 5.97 Å². The van der Waals surface area contributed by atoms with Crippen LogP contribution in [0.4, 0.5) is 0 Å². The van der Waals surface area contributed by atoms with Gasteiger partial charge in [-0.25, -0.2) is 0 Å². The van der Waals surface area contributed by atoms with E-state index in [1.807, 2.05) is 29.2 Å². The van der Waals surface area contributed by atoms with E-state index in [1.165, 1.54) is 6.20 Å². The van der Waals surface area contributed by atoms with Crippen LogP contribution in [0.15, 0.2) is 79.2 Å². The fourth-order valence-corrected chi connectivity index (χ4v) is 7.91. The van der Waals surface area contributed by atoms with E-state index in [0.717, 1.165) is 61.0 Å². The van der Waals surface area contributed by atoms with Crippen LogP contribution in [0.1, 0.15) is 68.2 Å². The number of pyridine rings is 1. The molecule has 0 amide bonds. The van der Waals surface area contributed by atoms with Gasteiger partial charge in [0, 0.05) is 67.8 Å². The van der Waals surface area contributed by atoms with Crippen molar-refractivity contribution in [2.75, 3.05) is 39.4 Å². The molecule has 2 fully saturated rings. The van der Waals surface area contributed by atoms with Crippen molar-refractivity contribution >= 4 is 23.1 Å². The Morgan fingerprint density at radius 1 is 1.08 bits per heavy atom. The maximum absolute atomic E-state index is 12.2. The largest absolute Gasteiger partial charge is 0.488 e. The van der Waals surface area contributed by atoms with Crippen molar-refractivity contribution in [3.8, 4) is 17.6 Å². The van der Waals surface area contributed by atoms with E-state index in [2.05, 4.69) is 54.1 Å². The summed E-state index contributed by atoms with van der Waals surface area (Å²) in [7, 11) is 0. The van der Waals surface area contributed by atoms with E-state index < -0.39 is 23.0 Å². The molecule has 0 radical (unpaired) electrons. The minimum Gasteiger partial charge on any atom is -0.488 e. The molecule has 6 rings (SSSR count). The van der Waals surface area contributed by atoms with Crippen LogP contribution in [0.5, 0.6) is 11.5 Å². The number of nitriles is 1. The van der Waals surface area contributed by atoms with Crippen molar-refractivity contribution in [3.05, 3.63) is 106 Å². The molecule has 3 heterocycles. The summed E-state index contributed by atoms with van der Waals surface area (Å²) in [5, 5.41) is 29.7. The van der Waals surface area contributed by atoms with Gasteiger partial charge in [0.1, 0.15) is 42.4 Å². The van der Waals surface area contributed by atoms with E-state index >= 15 is 0 Å². The molecule has 1 unspecified atom stereocenters. The second-order valence-corrected chi connectivity index (χ2v) is 15.2. The lowest BCUT2D eigenvalue weighted by Crippen LogP contribution is -2.52. The summed E-state index contributed by atoms with van der Waals surface area (Å²) >= 11 is 6.99. The lowest BCUT2D eigenvalue weighted by Gasteiger charge is -2.47. The maximum Gasteiger partial charge on any atom is 0.320 e. The van der Waals surface area contributed by atoms with Gasteiger partial charge in [0.25, 0.3) is 0 Å². The van der Waals surface area contributed by atoms with Gasteiger partial charge in [-0.1, -0.05) is 74.4 Å². The fraction of sp³-hybridized carbons (Fsp3) is 0.452. The number of aromatic nitrogens is 1. The number of β-amino-alcohol motifs (C(OH)–C–C–N with tert-alkyl or cyclic N) is 1. The highest BCUT2D eigenvalue weighted by molar-refractivity contribution is 6.32. The average molecular weight is 741 g/mol. The van der Waals surface area contributed by atoms with Crippen LogP contribution in [0.2, 0.25) is 5.02 Å². The molecule has 53 heavy (non-hydrogen) atoms. The van der Waals surface area contributed by atoms with E-state index in [1.54, 1.807) is 24.4 Å². The van der Waals surface area contributed by atoms with Crippen LogP contribution in [0.3, 0.4) is 0 Å². The Morgan fingerprint density at radius 2 is 1.91 bits per heavy atom. The molecule has 1 aromatic heterocycles. The zero-order valence-electron chi connectivity index (χ0n) is 30.5. The maximum atomic E-state index is 12.2. The summed E-state index contributed by atoms with van der Waals surface area (Å²) in [6, 6.07) is 17.1. The number of allylic oxidation sites excluding steroid dienone is 2. The van der Waals surface area contributed by atoms with Crippen molar-refractivity contribution in [2.24, 2.45) is 5.41 Å². The van der Waals surface area contributed by atoms with Crippen LogP contribution in [-0.2, 0) is 22.7 Å². The third-order valence-electron chi connectivity index (χ3n) is 10.8. The lowest BCUT2D eigenvalue weighted by atomic mass is 9.65.